The molecule has 1 amide bonds. The second-order valence-electron chi connectivity index (χ2n) is 8.76. The summed E-state index contributed by atoms with van der Waals surface area (Å²) >= 11 is 0. The number of carbonyl (C=O) groups is 2. The molecule has 2 aromatic carbocycles. The van der Waals surface area contributed by atoms with Crippen molar-refractivity contribution in [2.45, 2.75) is 38.3 Å². The standard InChI is InChI=1S/C28H26N2O4/c1-34-23-10-4-6-18(14-23)17-30-25(22-9-5-13-29-16-22)24(27(32)28(30)33)26(31)21-12-11-19-7-2-3-8-20(19)15-21/h4-6,9-16,25,31H,2-3,7-8,17H2,1H3/b26-24-. The molecule has 1 N–H and O–H groups in total. The van der Waals surface area contributed by atoms with Crippen LogP contribution in [0.25, 0.3) is 5.76 Å². The van der Waals surface area contributed by atoms with Crippen molar-refractivity contribution in [3.63, 3.8) is 0 Å². The molecule has 1 aliphatic carbocycles. The molecule has 6 nitrogen and oxygen atoms in total. The summed E-state index contributed by atoms with van der Waals surface area (Å²) in [6.45, 7) is 0.197. The molecular formula is C28H26N2O4. The highest BCUT2D eigenvalue weighted by atomic mass is 16.5. The van der Waals surface area contributed by atoms with Crippen molar-refractivity contribution < 1.29 is 19.4 Å². The fourth-order valence-electron chi connectivity index (χ4n) is 4.93. The van der Waals surface area contributed by atoms with Gasteiger partial charge in [0, 0.05) is 24.5 Å². The van der Waals surface area contributed by atoms with Crippen molar-refractivity contribution in [3.05, 3.63) is 100 Å². The third-order valence-electron chi connectivity index (χ3n) is 6.65. The summed E-state index contributed by atoms with van der Waals surface area (Å²) in [6, 6.07) is 16.1. The predicted molar refractivity (Wildman–Crippen MR) is 128 cm³/mol. The van der Waals surface area contributed by atoms with E-state index in [4.69, 9.17) is 4.74 Å². The second-order valence-corrected chi connectivity index (χ2v) is 8.76. The Bertz CT molecular complexity index is 1280. The molecular weight excluding hydrogens is 428 g/mol. The van der Waals surface area contributed by atoms with Crippen molar-refractivity contribution in [1.29, 1.82) is 0 Å². The summed E-state index contributed by atoms with van der Waals surface area (Å²) in [4.78, 5) is 32.2. The number of nitrogens with zero attached hydrogens (tertiary/aromatic N) is 2. The van der Waals surface area contributed by atoms with Crippen molar-refractivity contribution in [1.82, 2.24) is 9.88 Å². The van der Waals surface area contributed by atoms with Crippen molar-refractivity contribution in [2.24, 2.45) is 0 Å². The Morgan fingerprint density at radius 3 is 2.65 bits per heavy atom. The number of Topliss-reactive ketones (excluding diaryl/α,β-unsaturated/α-hetero) is 1. The first-order valence-electron chi connectivity index (χ1n) is 11.5. The topological polar surface area (TPSA) is 79.7 Å². The Morgan fingerprint density at radius 1 is 1.06 bits per heavy atom. The predicted octanol–water partition coefficient (Wildman–Crippen LogP) is 4.59. The van der Waals surface area contributed by atoms with E-state index in [0.29, 0.717) is 16.9 Å². The first-order chi connectivity index (χ1) is 16.6. The molecule has 34 heavy (non-hydrogen) atoms. The number of methoxy groups -OCH3 is 1. The van der Waals surface area contributed by atoms with Crippen molar-refractivity contribution >= 4 is 17.4 Å². The van der Waals surface area contributed by atoms with E-state index in [2.05, 4.69) is 4.98 Å². The molecule has 1 fully saturated rings. The molecule has 2 aliphatic rings. The van der Waals surface area contributed by atoms with Crippen LogP contribution in [-0.4, -0.2) is 33.8 Å². The van der Waals surface area contributed by atoms with E-state index in [1.165, 1.54) is 16.0 Å². The van der Waals surface area contributed by atoms with Crippen LogP contribution < -0.4 is 4.74 Å². The maximum atomic E-state index is 13.3. The van der Waals surface area contributed by atoms with Crippen LogP contribution in [0, 0.1) is 0 Å². The van der Waals surface area contributed by atoms with Gasteiger partial charge in [0.15, 0.2) is 0 Å². The first kappa shape index (κ1) is 21.9. The van der Waals surface area contributed by atoms with E-state index >= 15 is 0 Å². The molecule has 172 valence electrons. The number of aliphatic hydroxyl groups excluding tert-OH is 1. The Labute approximate surface area is 198 Å². The Morgan fingerprint density at radius 2 is 1.88 bits per heavy atom. The van der Waals surface area contributed by atoms with Gasteiger partial charge < -0.3 is 14.7 Å². The smallest absolute Gasteiger partial charge is 0.295 e. The number of ether oxygens (including phenoxy) is 1. The first-order valence-corrected chi connectivity index (χ1v) is 11.5. The van der Waals surface area contributed by atoms with Crippen LogP contribution >= 0.6 is 0 Å². The van der Waals surface area contributed by atoms with Gasteiger partial charge in [0.2, 0.25) is 0 Å². The lowest BCUT2D eigenvalue weighted by molar-refractivity contribution is -0.140. The number of benzene rings is 2. The second kappa shape index (κ2) is 9.14. The van der Waals surface area contributed by atoms with E-state index in [0.717, 1.165) is 31.2 Å². The lowest BCUT2D eigenvalue weighted by atomic mass is 9.89. The number of carbonyl (C=O) groups excluding carboxylic acids is 2. The summed E-state index contributed by atoms with van der Waals surface area (Å²) in [5.41, 5.74) is 4.63. The molecule has 1 atom stereocenters. The Kier molecular flexibility index (Phi) is 5.88. The molecule has 5 rings (SSSR count). The number of hydrogen-bond acceptors (Lipinski definition) is 5. The SMILES string of the molecule is COc1cccc(CN2C(=O)C(=O)/C(=C(\O)c3ccc4c(c3)CCCC4)C2c2cccnc2)c1. The quantitative estimate of drug-likeness (QED) is 0.347. The normalized spacial score (nSPS) is 19.2. The molecule has 3 aromatic rings. The fraction of sp³-hybridized carbons (Fsp3) is 0.250. The molecule has 0 radical (unpaired) electrons. The monoisotopic (exact) mass is 454 g/mol. The summed E-state index contributed by atoms with van der Waals surface area (Å²) in [5, 5.41) is 11.3. The Balaban J connectivity index is 1.60. The maximum Gasteiger partial charge on any atom is 0.295 e. The number of fused-ring (bicyclic) bond motifs is 1. The summed E-state index contributed by atoms with van der Waals surface area (Å²) in [7, 11) is 1.58. The largest absolute Gasteiger partial charge is 0.507 e. The third-order valence-corrected chi connectivity index (χ3v) is 6.65. The zero-order chi connectivity index (χ0) is 23.7. The highest BCUT2D eigenvalue weighted by molar-refractivity contribution is 6.46. The van der Waals surface area contributed by atoms with Gasteiger partial charge >= 0.3 is 0 Å². The number of hydrogen-bond donors (Lipinski definition) is 1. The highest BCUT2D eigenvalue weighted by Crippen LogP contribution is 2.40. The molecule has 0 spiro atoms. The molecule has 1 aromatic heterocycles. The summed E-state index contributed by atoms with van der Waals surface area (Å²) in [5.74, 6) is -0.807. The molecule has 1 saturated heterocycles. The number of amides is 1. The molecule has 6 heteroatoms. The van der Waals surface area contributed by atoms with Gasteiger partial charge in [0.25, 0.3) is 11.7 Å². The van der Waals surface area contributed by atoms with Gasteiger partial charge in [-0.05, 0) is 72.2 Å². The molecule has 0 bridgehead atoms. The van der Waals surface area contributed by atoms with Gasteiger partial charge in [-0.15, -0.1) is 0 Å². The average molecular weight is 455 g/mol. The van der Waals surface area contributed by atoms with E-state index < -0.39 is 17.7 Å². The molecule has 2 heterocycles. The Hall–Kier alpha value is -3.93. The number of rotatable bonds is 5. The third kappa shape index (κ3) is 3.96. The van der Waals surface area contributed by atoms with Crippen LogP contribution in [0.3, 0.4) is 0 Å². The minimum absolute atomic E-state index is 0.0941. The lowest BCUT2D eigenvalue weighted by Crippen LogP contribution is -2.29. The number of aliphatic hydroxyl groups is 1. The minimum Gasteiger partial charge on any atom is -0.507 e. The van der Waals surface area contributed by atoms with E-state index in [9.17, 15) is 14.7 Å². The molecule has 1 aliphatic heterocycles. The number of likely N-dealkylation sites (tertiary alicyclic amines) is 1. The lowest BCUT2D eigenvalue weighted by Gasteiger charge is -2.25. The summed E-state index contributed by atoms with van der Waals surface area (Å²) < 4.78 is 5.31. The van der Waals surface area contributed by atoms with Crippen molar-refractivity contribution in [3.8, 4) is 5.75 Å². The van der Waals surface area contributed by atoms with Crippen LogP contribution in [0.15, 0.2) is 72.6 Å². The van der Waals surface area contributed by atoms with E-state index in [1.807, 2.05) is 48.5 Å². The van der Waals surface area contributed by atoms with E-state index in [-0.39, 0.29) is 17.9 Å². The average Bonchev–Trinajstić information content (AvgIpc) is 3.13. The van der Waals surface area contributed by atoms with Gasteiger partial charge in [-0.2, -0.15) is 0 Å². The van der Waals surface area contributed by atoms with Gasteiger partial charge in [0.1, 0.15) is 11.5 Å². The maximum absolute atomic E-state index is 13.3. The number of ketones is 1. The highest BCUT2D eigenvalue weighted by Gasteiger charge is 2.46. The van der Waals surface area contributed by atoms with Crippen LogP contribution in [0.5, 0.6) is 5.75 Å². The van der Waals surface area contributed by atoms with Gasteiger partial charge in [-0.25, -0.2) is 0 Å². The number of pyridine rings is 1. The van der Waals surface area contributed by atoms with Gasteiger partial charge in [-0.1, -0.05) is 30.3 Å². The number of aryl methyl sites for hydroxylation is 2. The van der Waals surface area contributed by atoms with E-state index in [1.54, 1.807) is 25.6 Å². The molecule has 1 unspecified atom stereocenters. The van der Waals surface area contributed by atoms with Gasteiger partial charge in [-0.3, -0.25) is 14.6 Å². The van der Waals surface area contributed by atoms with Crippen molar-refractivity contribution in [2.75, 3.05) is 7.11 Å². The fourth-order valence-corrected chi connectivity index (χ4v) is 4.93. The van der Waals surface area contributed by atoms with Crippen LogP contribution in [-0.2, 0) is 29.0 Å². The van der Waals surface area contributed by atoms with Gasteiger partial charge in [0.05, 0.1) is 18.7 Å². The van der Waals surface area contributed by atoms with Crippen LogP contribution in [0.4, 0.5) is 0 Å². The number of aromatic nitrogens is 1. The molecule has 0 saturated carbocycles. The zero-order valence-corrected chi connectivity index (χ0v) is 19.0. The zero-order valence-electron chi connectivity index (χ0n) is 19.0. The summed E-state index contributed by atoms with van der Waals surface area (Å²) in [6.07, 6.45) is 7.52. The van der Waals surface area contributed by atoms with Crippen LogP contribution in [0.1, 0.15) is 46.7 Å². The van der Waals surface area contributed by atoms with Crippen LogP contribution in [0.2, 0.25) is 0 Å². The minimum atomic E-state index is -0.740.